The monoisotopic (exact) mass is 370 g/mol. The van der Waals surface area contributed by atoms with Crippen molar-refractivity contribution in [3.8, 4) is 5.88 Å². The van der Waals surface area contributed by atoms with Crippen molar-refractivity contribution < 1.29 is 14.3 Å². The zero-order chi connectivity index (χ0) is 19.4. The summed E-state index contributed by atoms with van der Waals surface area (Å²) in [4.78, 5) is 18.2. The second-order valence-corrected chi connectivity index (χ2v) is 13.6. The van der Waals surface area contributed by atoms with Gasteiger partial charge in [0.15, 0.2) is 5.69 Å². The summed E-state index contributed by atoms with van der Waals surface area (Å²) in [6.45, 7) is 15.1. The third kappa shape index (κ3) is 5.00. The average Bonchev–Trinajstić information content (AvgIpc) is 2.54. The van der Waals surface area contributed by atoms with E-state index in [4.69, 9.17) is 9.57 Å². The van der Waals surface area contributed by atoms with Gasteiger partial charge in [0.2, 0.25) is 0 Å². The van der Waals surface area contributed by atoms with Gasteiger partial charge in [0.1, 0.15) is 7.11 Å². The van der Waals surface area contributed by atoms with Gasteiger partial charge in [-0.15, -0.1) is 9.46 Å². The van der Waals surface area contributed by atoms with E-state index < -0.39 is 8.07 Å². The third-order valence-corrected chi connectivity index (χ3v) is 6.38. The van der Waals surface area contributed by atoms with Crippen LogP contribution in [0.3, 0.4) is 0 Å². The molecule has 0 spiro atoms. The minimum atomic E-state index is -1.29. The van der Waals surface area contributed by atoms with Crippen LogP contribution in [0.2, 0.25) is 25.7 Å². The molecule has 0 aliphatic rings. The highest BCUT2D eigenvalue weighted by Gasteiger charge is 2.33. The van der Waals surface area contributed by atoms with Crippen molar-refractivity contribution in [1.29, 1.82) is 0 Å². The van der Waals surface area contributed by atoms with Crippen molar-refractivity contribution in [2.24, 2.45) is 0 Å². The molecule has 1 rings (SSSR count). The van der Waals surface area contributed by atoms with Gasteiger partial charge < -0.3 is 14.8 Å². The van der Waals surface area contributed by atoms with Gasteiger partial charge in [-0.05, 0) is 18.9 Å². The molecular formula is C18H34N2O4Si. The van der Waals surface area contributed by atoms with Crippen molar-refractivity contribution in [2.75, 3.05) is 13.7 Å². The molecule has 2 atom stereocenters. The zero-order valence-electron chi connectivity index (χ0n) is 17.0. The highest BCUT2D eigenvalue weighted by molar-refractivity contribution is 6.76. The maximum atomic E-state index is 13.0. The average molecular weight is 371 g/mol. The van der Waals surface area contributed by atoms with Crippen LogP contribution in [0.1, 0.15) is 63.8 Å². The van der Waals surface area contributed by atoms with Crippen LogP contribution in [-0.2, 0) is 0 Å². The lowest BCUT2D eigenvalue weighted by atomic mass is 10.0. The lowest BCUT2D eigenvalue weighted by Crippen LogP contribution is -2.48. The van der Waals surface area contributed by atoms with E-state index in [-0.39, 0.29) is 29.0 Å². The van der Waals surface area contributed by atoms with Crippen LogP contribution < -0.4 is 19.9 Å². The first-order chi connectivity index (χ1) is 11.6. The Hall–Kier alpha value is -1.50. The van der Waals surface area contributed by atoms with Crippen LogP contribution in [0.15, 0.2) is 4.79 Å². The summed E-state index contributed by atoms with van der Waals surface area (Å²) in [5, 5.41) is 13.0. The van der Waals surface area contributed by atoms with Gasteiger partial charge in [-0.2, -0.15) is 0 Å². The fourth-order valence-corrected chi connectivity index (χ4v) is 3.29. The van der Waals surface area contributed by atoms with Gasteiger partial charge >= 0.3 is 11.4 Å². The first kappa shape index (κ1) is 21.5. The van der Waals surface area contributed by atoms with Gasteiger partial charge in [0.05, 0.1) is 6.61 Å². The van der Waals surface area contributed by atoms with E-state index in [2.05, 4.69) is 19.6 Å². The standard InChI is InChI=1S/C18H34N2O4Si/c1-9-13(3)15-17(21)20(23-5)16(14(4)10-2)18(19(15)22)24-11-12-25(6,7)8/h13-14H,9-12H2,1-8H3/t13-,14-/m0/s1. The largest absolute Gasteiger partial charge is 0.616 e. The second-order valence-electron chi connectivity index (χ2n) is 7.93. The van der Waals surface area contributed by atoms with Gasteiger partial charge in [-0.3, -0.25) is 4.79 Å². The van der Waals surface area contributed by atoms with E-state index in [0.717, 1.165) is 12.5 Å². The molecule has 0 amide bonds. The molecule has 0 aromatic carbocycles. The first-order valence-corrected chi connectivity index (χ1v) is 12.9. The topological polar surface area (TPSA) is 67.4 Å². The number of rotatable bonds is 9. The summed E-state index contributed by atoms with van der Waals surface area (Å²) < 4.78 is 7.90. The molecule has 25 heavy (non-hydrogen) atoms. The molecule has 1 aromatic heterocycles. The minimum absolute atomic E-state index is 0.0271. The third-order valence-electron chi connectivity index (χ3n) is 4.68. The lowest BCUT2D eigenvalue weighted by Gasteiger charge is -2.22. The van der Waals surface area contributed by atoms with E-state index >= 15 is 0 Å². The number of hydrogen-bond donors (Lipinski definition) is 0. The number of aromatic nitrogens is 2. The van der Waals surface area contributed by atoms with Gasteiger partial charge in [-0.25, -0.2) is 0 Å². The summed E-state index contributed by atoms with van der Waals surface area (Å²) in [6.07, 6.45) is 1.47. The molecule has 0 N–H and O–H groups in total. The summed E-state index contributed by atoms with van der Waals surface area (Å²) >= 11 is 0. The Morgan fingerprint density at radius 3 is 2.16 bits per heavy atom. The molecule has 144 valence electrons. The fourth-order valence-electron chi connectivity index (χ4n) is 2.58. The lowest BCUT2D eigenvalue weighted by molar-refractivity contribution is -0.625. The molecule has 0 aliphatic heterocycles. The number of nitrogens with zero attached hydrogens (tertiary/aromatic N) is 2. The molecular weight excluding hydrogens is 336 g/mol. The van der Waals surface area contributed by atoms with Crippen molar-refractivity contribution in [3.05, 3.63) is 26.9 Å². The van der Waals surface area contributed by atoms with Crippen molar-refractivity contribution in [2.45, 2.75) is 78.1 Å². The summed E-state index contributed by atoms with van der Waals surface area (Å²) in [6, 6.07) is 0.942. The summed E-state index contributed by atoms with van der Waals surface area (Å²) in [5.74, 6) is 0.0155. The van der Waals surface area contributed by atoms with Crippen LogP contribution in [-0.4, -0.2) is 26.5 Å². The zero-order valence-corrected chi connectivity index (χ0v) is 18.0. The van der Waals surface area contributed by atoms with Crippen LogP contribution in [0.4, 0.5) is 0 Å². The molecule has 0 unspecified atom stereocenters. The van der Waals surface area contributed by atoms with Crippen molar-refractivity contribution in [3.63, 3.8) is 0 Å². The van der Waals surface area contributed by atoms with Crippen LogP contribution in [0, 0.1) is 5.21 Å². The highest BCUT2D eigenvalue weighted by atomic mass is 28.3. The summed E-state index contributed by atoms with van der Waals surface area (Å²) in [7, 11) is 0.161. The molecule has 0 bridgehead atoms. The van der Waals surface area contributed by atoms with Crippen LogP contribution in [0.5, 0.6) is 5.88 Å². The normalized spacial score (nSPS) is 14.2. The predicted molar refractivity (Wildman–Crippen MR) is 103 cm³/mol. The highest BCUT2D eigenvalue weighted by Crippen LogP contribution is 2.27. The number of hydrogen-bond acceptors (Lipinski definition) is 4. The molecule has 0 saturated heterocycles. The Bertz CT molecular complexity index is 637. The molecule has 1 aromatic rings. The van der Waals surface area contributed by atoms with Gasteiger partial charge in [-0.1, -0.05) is 47.3 Å². The fraction of sp³-hybridized carbons (Fsp3) is 0.778. The molecule has 0 fully saturated rings. The maximum absolute atomic E-state index is 13.0. The molecule has 6 nitrogen and oxygen atoms in total. The molecule has 1 heterocycles. The first-order valence-electron chi connectivity index (χ1n) is 9.18. The van der Waals surface area contributed by atoms with E-state index in [9.17, 15) is 10.0 Å². The smallest absolute Gasteiger partial charge is 0.404 e. The maximum Gasteiger partial charge on any atom is 0.404 e. The van der Waals surface area contributed by atoms with Crippen molar-refractivity contribution >= 4 is 8.07 Å². The Labute approximate surface area is 152 Å². The molecule has 7 heteroatoms. The van der Waals surface area contributed by atoms with Crippen molar-refractivity contribution in [1.82, 2.24) is 4.73 Å². The van der Waals surface area contributed by atoms with Gasteiger partial charge in [0, 0.05) is 19.9 Å². The Balaban J connectivity index is 3.55. The second kappa shape index (κ2) is 8.74. The molecule has 0 aliphatic carbocycles. The Morgan fingerprint density at radius 1 is 1.16 bits per heavy atom. The quantitative estimate of drug-likeness (QED) is 0.380. The van der Waals surface area contributed by atoms with E-state index in [1.54, 1.807) is 0 Å². The van der Waals surface area contributed by atoms with Crippen LogP contribution in [0.25, 0.3) is 0 Å². The minimum Gasteiger partial charge on any atom is -0.616 e. The molecule has 0 radical (unpaired) electrons. The van der Waals surface area contributed by atoms with E-state index in [1.807, 2.05) is 27.7 Å². The Kier molecular flexibility index (Phi) is 7.53. The Morgan fingerprint density at radius 2 is 1.72 bits per heavy atom. The summed E-state index contributed by atoms with van der Waals surface area (Å²) in [5.41, 5.74) is 0.312. The SMILES string of the molecule is CC[C@H](C)c1c(OCC[Si](C)(C)C)[n+]([O-])c([C@@H](C)CC)c(=O)n1OC. The molecule has 0 saturated carbocycles. The predicted octanol–water partition coefficient (Wildman–Crippen LogP) is 3.28. The van der Waals surface area contributed by atoms with E-state index in [0.29, 0.717) is 23.5 Å². The number of ether oxygens (including phenoxy) is 1. The van der Waals surface area contributed by atoms with E-state index in [1.165, 1.54) is 11.8 Å². The van der Waals surface area contributed by atoms with Gasteiger partial charge in [0.25, 0.3) is 5.69 Å². The van der Waals surface area contributed by atoms with Crippen LogP contribution >= 0.6 is 0 Å².